The number of aryl methyl sites for hydroxylation is 1. The lowest BCUT2D eigenvalue weighted by molar-refractivity contribution is -0.126. The standard InChI is InChI=1S/C23H31N5O3Si/c1-15-4-5-18(25-15)22(31)28-14-32(8-2-3-9-32)13-19(28)21(30)26-17(12-24)10-16-11-23(6-7-23)27-20(16)29/h4-5,16-17,19,25H,2-3,6-11,13-14H2,1H3,(H,26,30)(H,27,29)/t16-,17+,19+/m1/s1. The lowest BCUT2D eigenvalue weighted by atomic mass is 9.96. The molecule has 3 amide bonds. The van der Waals surface area contributed by atoms with Crippen molar-refractivity contribution < 1.29 is 14.4 Å². The van der Waals surface area contributed by atoms with Crippen LogP contribution in [-0.4, -0.2) is 59.5 Å². The van der Waals surface area contributed by atoms with Crippen LogP contribution < -0.4 is 10.6 Å². The second-order valence-electron chi connectivity index (χ2n) is 10.5. The summed E-state index contributed by atoms with van der Waals surface area (Å²) in [6.07, 6.45) is 6.16. The van der Waals surface area contributed by atoms with Gasteiger partial charge in [0.15, 0.2) is 0 Å². The molecule has 1 aromatic heterocycles. The maximum atomic E-state index is 13.4. The molecular formula is C23H31N5O3Si. The molecule has 1 aromatic rings. The van der Waals surface area contributed by atoms with Crippen molar-refractivity contribution in [1.29, 1.82) is 5.26 Å². The van der Waals surface area contributed by atoms with Gasteiger partial charge in [0, 0.05) is 23.3 Å². The quantitative estimate of drug-likeness (QED) is 0.591. The van der Waals surface area contributed by atoms with Gasteiger partial charge in [-0.25, -0.2) is 0 Å². The first-order valence-corrected chi connectivity index (χ1v) is 14.6. The molecule has 0 radical (unpaired) electrons. The molecule has 0 bridgehead atoms. The van der Waals surface area contributed by atoms with E-state index in [4.69, 9.17) is 0 Å². The summed E-state index contributed by atoms with van der Waals surface area (Å²) in [5, 5.41) is 15.6. The SMILES string of the molecule is Cc1ccc(C(=O)N2C[Si]3(CCCC3)C[C@H]2C(=O)N[C@H](C#N)C[C@@H]2CC3(CC3)NC2=O)[nH]1. The summed E-state index contributed by atoms with van der Waals surface area (Å²) in [6.45, 7) is 1.90. The number of hydrogen-bond donors (Lipinski definition) is 3. The second-order valence-corrected chi connectivity index (χ2v) is 15.2. The molecule has 32 heavy (non-hydrogen) atoms. The van der Waals surface area contributed by atoms with Crippen molar-refractivity contribution in [2.24, 2.45) is 5.92 Å². The molecule has 3 atom stereocenters. The Bertz CT molecular complexity index is 988. The Morgan fingerprint density at radius 2 is 2.09 bits per heavy atom. The van der Waals surface area contributed by atoms with Crippen molar-refractivity contribution in [3.05, 3.63) is 23.5 Å². The van der Waals surface area contributed by atoms with Crippen molar-refractivity contribution in [3.8, 4) is 6.07 Å². The van der Waals surface area contributed by atoms with Crippen molar-refractivity contribution in [2.75, 3.05) is 6.17 Å². The number of H-pyrrole nitrogens is 1. The summed E-state index contributed by atoms with van der Waals surface area (Å²) < 4.78 is 0. The van der Waals surface area contributed by atoms with Gasteiger partial charge in [-0.15, -0.1) is 0 Å². The predicted octanol–water partition coefficient (Wildman–Crippen LogP) is 2.00. The molecule has 1 aliphatic carbocycles. The summed E-state index contributed by atoms with van der Waals surface area (Å²) in [5.41, 5.74) is 1.38. The van der Waals surface area contributed by atoms with Crippen molar-refractivity contribution in [2.45, 2.75) is 81.2 Å². The summed E-state index contributed by atoms with van der Waals surface area (Å²) in [4.78, 5) is 43.8. The molecule has 3 saturated heterocycles. The Morgan fingerprint density at radius 3 is 2.69 bits per heavy atom. The van der Waals surface area contributed by atoms with E-state index in [1.165, 1.54) is 12.8 Å². The zero-order valence-corrected chi connectivity index (χ0v) is 19.6. The molecule has 2 spiro atoms. The van der Waals surface area contributed by atoms with Gasteiger partial charge in [0.1, 0.15) is 17.8 Å². The molecule has 3 aliphatic heterocycles. The fourth-order valence-corrected chi connectivity index (χ4v) is 11.5. The van der Waals surface area contributed by atoms with E-state index in [0.717, 1.165) is 43.1 Å². The van der Waals surface area contributed by atoms with Crippen LogP contribution in [0.1, 0.15) is 54.7 Å². The number of hydrogen-bond acceptors (Lipinski definition) is 4. The number of nitriles is 1. The summed E-state index contributed by atoms with van der Waals surface area (Å²) in [6, 6.07) is 7.67. The van der Waals surface area contributed by atoms with Gasteiger partial charge in [0.05, 0.1) is 14.1 Å². The number of nitrogens with zero attached hydrogens (tertiary/aromatic N) is 2. The van der Waals surface area contributed by atoms with E-state index in [2.05, 4.69) is 21.7 Å². The number of carbonyl (C=O) groups excluding carboxylic acids is 3. The third-order valence-electron chi connectivity index (χ3n) is 8.04. The van der Waals surface area contributed by atoms with Gasteiger partial charge in [-0.3, -0.25) is 14.4 Å². The summed E-state index contributed by atoms with van der Waals surface area (Å²) in [5.74, 6) is -0.617. The van der Waals surface area contributed by atoms with Crippen LogP contribution in [0, 0.1) is 24.2 Å². The van der Waals surface area contributed by atoms with Crippen molar-refractivity contribution in [3.63, 3.8) is 0 Å². The normalized spacial score (nSPS) is 28.0. The lowest BCUT2D eigenvalue weighted by Crippen LogP contribution is -2.49. The molecule has 4 aliphatic rings. The zero-order chi connectivity index (χ0) is 22.5. The molecule has 4 heterocycles. The highest BCUT2D eigenvalue weighted by Crippen LogP contribution is 2.46. The summed E-state index contributed by atoms with van der Waals surface area (Å²) in [7, 11) is -1.68. The van der Waals surface area contributed by atoms with Crippen LogP contribution in [0.4, 0.5) is 0 Å². The fourth-order valence-electron chi connectivity index (χ4n) is 6.12. The number of carbonyl (C=O) groups is 3. The third kappa shape index (κ3) is 3.85. The first-order chi connectivity index (χ1) is 15.3. The first-order valence-electron chi connectivity index (χ1n) is 11.8. The van der Waals surface area contributed by atoms with Gasteiger partial charge in [-0.05, 0) is 50.8 Å². The van der Waals surface area contributed by atoms with Gasteiger partial charge in [0.2, 0.25) is 11.8 Å². The minimum atomic E-state index is -1.68. The van der Waals surface area contributed by atoms with Crippen molar-refractivity contribution >= 4 is 25.8 Å². The monoisotopic (exact) mass is 453 g/mol. The van der Waals surface area contributed by atoms with E-state index in [0.29, 0.717) is 18.3 Å². The largest absolute Gasteiger partial charge is 0.355 e. The molecule has 0 aromatic carbocycles. The number of nitrogens with one attached hydrogen (secondary N) is 3. The van der Waals surface area contributed by atoms with Crippen LogP contribution in [0.5, 0.6) is 0 Å². The van der Waals surface area contributed by atoms with Crippen LogP contribution in [-0.2, 0) is 9.59 Å². The lowest BCUT2D eigenvalue weighted by Gasteiger charge is -2.25. The van der Waals surface area contributed by atoms with E-state index >= 15 is 0 Å². The average molecular weight is 454 g/mol. The van der Waals surface area contributed by atoms with E-state index in [1.807, 2.05) is 13.0 Å². The van der Waals surface area contributed by atoms with Gasteiger partial charge in [-0.1, -0.05) is 24.9 Å². The molecule has 5 rings (SSSR count). The van der Waals surface area contributed by atoms with E-state index in [-0.39, 0.29) is 29.2 Å². The maximum absolute atomic E-state index is 13.4. The zero-order valence-electron chi connectivity index (χ0n) is 18.6. The Morgan fingerprint density at radius 1 is 1.34 bits per heavy atom. The highest BCUT2D eigenvalue weighted by Gasteiger charge is 2.53. The van der Waals surface area contributed by atoms with Gasteiger partial charge >= 0.3 is 0 Å². The number of amides is 3. The van der Waals surface area contributed by atoms with E-state index < -0.39 is 20.2 Å². The molecule has 170 valence electrons. The third-order valence-corrected chi connectivity index (χ3v) is 13.1. The molecule has 0 unspecified atom stereocenters. The van der Waals surface area contributed by atoms with Gasteiger partial charge in [0.25, 0.3) is 5.91 Å². The van der Waals surface area contributed by atoms with Gasteiger partial charge < -0.3 is 20.5 Å². The maximum Gasteiger partial charge on any atom is 0.270 e. The van der Waals surface area contributed by atoms with E-state index in [9.17, 15) is 19.6 Å². The first kappa shape index (κ1) is 21.3. The molecule has 9 heteroatoms. The van der Waals surface area contributed by atoms with Crippen LogP contribution in [0.25, 0.3) is 0 Å². The number of aromatic nitrogens is 1. The second kappa shape index (κ2) is 7.76. The summed E-state index contributed by atoms with van der Waals surface area (Å²) >= 11 is 0. The average Bonchev–Trinajstić information content (AvgIpc) is 3.19. The highest BCUT2D eigenvalue weighted by atomic mass is 28.3. The van der Waals surface area contributed by atoms with Crippen LogP contribution in [0.15, 0.2) is 12.1 Å². The van der Waals surface area contributed by atoms with Gasteiger partial charge in [-0.2, -0.15) is 5.26 Å². The molecule has 3 N–H and O–H groups in total. The fraction of sp³-hybridized carbons (Fsp3) is 0.652. The molecule has 4 fully saturated rings. The molecule has 1 saturated carbocycles. The highest BCUT2D eigenvalue weighted by molar-refractivity contribution is 6.82. The van der Waals surface area contributed by atoms with E-state index in [1.54, 1.807) is 11.0 Å². The smallest absolute Gasteiger partial charge is 0.270 e. The molecular weight excluding hydrogens is 422 g/mol. The Hall–Kier alpha value is -2.60. The number of aromatic amines is 1. The van der Waals surface area contributed by atoms with Crippen LogP contribution in [0.2, 0.25) is 18.1 Å². The van der Waals surface area contributed by atoms with Crippen LogP contribution >= 0.6 is 0 Å². The Labute approximate surface area is 189 Å². The minimum absolute atomic E-state index is 0.00546. The minimum Gasteiger partial charge on any atom is -0.355 e. The predicted molar refractivity (Wildman–Crippen MR) is 120 cm³/mol. The van der Waals surface area contributed by atoms with Crippen molar-refractivity contribution in [1.82, 2.24) is 20.5 Å². The Kier molecular flexibility index (Phi) is 5.16. The number of rotatable bonds is 5. The molecule has 8 nitrogen and oxygen atoms in total. The van der Waals surface area contributed by atoms with Crippen LogP contribution in [0.3, 0.4) is 0 Å². The topological polar surface area (TPSA) is 118 Å². The Balaban J connectivity index is 1.30.